The van der Waals surface area contributed by atoms with E-state index in [-0.39, 0.29) is 5.91 Å². The summed E-state index contributed by atoms with van der Waals surface area (Å²) in [4.78, 5) is 11.9. The van der Waals surface area contributed by atoms with Crippen LogP contribution in [-0.2, 0) is 11.4 Å². The number of hydrogen-bond acceptors (Lipinski definition) is 4. The molecule has 5 nitrogen and oxygen atoms in total. The highest BCUT2D eigenvalue weighted by molar-refractivity contribution is 6.30. The number of carbonyl (C=O) groups excluding carboxylic acids is 1. The average molecular weight is 400 g/mol. The number of nitrogens with one attached hydrogen (secondary N) is 2. The lowest BCUT2D eigenvalue weighted by molar-refractivity contribution is -0.120. The van der Waals surface area contributed by atoms with Crippen molar-refractivity contribution in [1.82, 2.24) is 10.7 Å². The lowest BCUT2D eigenvalue weighted by Crippen LogP contribution is -2.38. The topological polar surface area (TPSA) is 62.7 Å². The molecule has 0 atom stereocenters. The Morgan fingerprint density at radius 2 is 1.79 bits per heavy atom. The van der Waals surface area contributed by atoms with Crippen molar-refractivity contribution in [3.05, 3.63) is 64.7 Å². The molecule has 1 amide bonds. The van der Waals surface area contributed by atoms with Crippen molar-refractivity contribution in [2.24, 2.45) is 5.10 Å². The van der Waals surface area contributed by atoms with Gasteiger partial charge in [-0.05, 0) is 60.4 Å². The molecule has 0 spiro atoms. The first kappa shape index (κ1) is 20.4. The molecule has 1 aliphatic carbocycles. The van der Waals surface area contributed by atoms with Crippen LogP contribution in [0.25, 0.3) is 0 Å². The summed E-state index contributed by atoms with van der Waals surface area (Å²) in [6.45, 7) is 0.786. The van der Waals surface area contributed by atoms with Crippen LogP contribution >= 0.6 is 11.6 Å². The third kappa shape index (κ3) is 6.98. The normalized spacial score (nSPS) is 14.9. The molecule has 148 valence electrons. The van der Waals surface area contributed by atoms with E-state index in [1.807, 2.05) is 48.5 Å². The molecule has 0 heterocycles. The van der Waals surface area contributed by atoms with E-state index in [1.165, 1.54) is 19.3 Å². The Morgan fingerprint density at radius 1 is 1.07 bits per heavy atom. The number of ether oxygens (including phenoxy) is 1. The number of nitrogens with zero attached hydrogens (tertiary/aromatic N) is 1. The smallest absolute Gasteiger partial charge is 0.254 e. The largest absolute Gasteiger partial charge is 0.489 e. The molecule has 1 saturated carbocycles. The fourth-order valence-corrected chi connectivity index (χ4v) is 3.29. The molecule has 2 aromatic carbocycles. The summed E-state index contributed by atoms with van der Waals surface area (Å²) in [5.41, 5.74) is 4.51. The molecular formula is C22H26ClN3O2. The second-order valence-electron chi connectivity index (χ2n) is 6.99. The molecule has 0 aliphatic heterocycles. The lowest BCUT2D eigenvalue weighted by Gasteiger charge is -2.22. The van der Waals surface area contributed by atoms with Crippen molar-refractivity contribution in [3.8, 4) is 5.75 Å². The van der Waals surface area contributed by atoms with Crippen LogP contribution in [0, 0.1) is 0 Å². The van der Waals surface area contributed by atoms with Gasteiger partial charge in [0.2, 0.25) is 0 Å². The van der Waals surface area contributed by atoms with Crippen LogP contribution in [0.3, 0.4) is 0 Å². The van der Waals surface area contributed by atoms with Crippen LogP contribution in [-0.4, -0.2) is 24.7 Å². The van der Waals surface area contributed by atoms with Crippen molar-refractivity contribution in [2.75, 3.05) is 6.54 Å². The average Bonchev–Trinajstić information content (AvgIpc) is 2.73. The highest BCUT2D eigenvalue weighted by atomic mass is 35.5. The molecular weight excluding hydrogens is 374 g/mol. The Bertz CT molecular complexity index is 769. The van der Waals surface area contributed by atoms with E-state index in [4.69, 9.17) is 16.3 Å². The Labute approximate surface area is 171 Å². The number of hydrazone groups is 1. The first-order valence-electron chi connectivity index (χ1n) is 9.71. The molecule has 0 aromatic heterocycles. The van der Waals surface area contributed by atoms with Gasteiger partial charge in [-0.25, -0.2) is 5.43 Å². The molecule has 0 bridgehead atoms. The Hall–Kier alpha value is -2.37. The number of benzene rings is 2. The summed E-state index contributed by atoms with van der Waals surface area (Å²) >= 11 is 5.88. The van der Waals surface area contributed by atoms with Gasteiger partial charge < -0.3 is 10.1 Å². The predicted octanol–water partition coefficient (Wildman–Crippen LogP) is 4.29. The van der Waals surface area contributed by atoms with Crippen LogP contribution < -0.4 is 15.5 Å². The Morgan fingerprint density at radius 3 is 2.50 bits per heavy atom. The Balaban J connectivity index is 1.38. The molecule has 28 heavy (non-hydrogen) atoms. The van der Waals surface area contributed by atoms with Crippen LogP contribution in [0.5, 0.6) is 5.75 Å². The predicted molar refractivity (Wildman–Crippen MR) is 113 cm³/mol. The molecule has 1 aliphatic rings. The van der Waals surface area contributed by atoms with Gasteiger partial charge in [-0.3, -0.25) is 4.79 Å². The first-order valence-corrected chi connectivity index (χ1v) is 10.1. The van der Waals surface area contributed by atoms with Gasteiger partial charge in [0.15, 0.2) is 0 Å². The Kier molecular flexibility index (Phi) is 7.88. The molecule has 0 radical (unpaired) electrons. The van der Waals surface area contributed by atoms with Gasteiger partial charge in [0.1, 0.15) is 12.4 Å². The lowest BCUT2D eigenvalue weighted by atomic mass is 9.95. The van der Waals surface area contributed by atoms with Crippen molar-refractivity contribution < 1.29 is 9.53 Å². The number of carbonyl (C=O) groups is 1. The number of hydrogen-bond donors (Lipinski definition) is 2. The van der Waals surface area contributed by atoms with E-state index in [0.717, 1.165) is 29.7 Å². The van der Waals surface area contributed by atoms with Crippen molar-refractivity contribution >= 4 is 23.7 Å². The van der Waals surface area contributed by atoms with Gasteiger partial charge >= 0.3 is 0 Å². The quantitative estimate of drug-likeness (QED) is 0.514. The van der Waals surface area contributed by atoms with Crippen molar-refractivity contribution in [2.45, 2.75) is 44.8 Å². The summed E-state index contributed by atoms with van der Waals surface area (Å²) in [5, 5.41) is 8.03. The van der Waals surface area contributed by atoms with Crippen LogP contribution in [0.2, 0.25) is 5.02 Å². The van der Waals surface area contributed by atoms with Crippen LogP contribution in [0.15, 0.2) is 53.6 Å². The van der Waals surface area contributed by atoms with E-state index in [0.29, 0.717) is 24.2 Å². The molecule has 2 N–H and O–H groups in total. The summed E-state index contributed by atoms with van der Waals surface area (Å²) in [5.74, 6) is 0.651. The van der Waals surface area contributed by atoms with Gasteiger partial charge in [0, 0.05) is 11.1 Å². The maximum Gasteiger partial charge on any atom is 0.254 e. The molecule has 3 rings (SSSR count). The van der Waals surface area contributed by atoms with Gasteiger partial charge in [-0.1, -0.05) is 43.0 Å². The summed E-state index contributed by atoms with van der Waals surface area (Å²) in [6.07, 6.45) is 7.74. The zero-order valence-electron chi connectivity index (χ0n) is 15.9. The first-order chi connectivity index (χ1) is 13.7. The van der Waals surface area contributed by atoms with Crippen LogP contribution in [0.4, 0.5) is 0 Å². The standard InChI is InChI=1S/C22H26ClN3O2/c23-19-10-6-18(7-11-19)16-28-21-12-8-17(9-13-21)14-25-26-22(27)15-24-20-4-2-1-3-5-20/h6-14,20,24H,1-5,15-16H2,(H,26,27)/b25-14-. The highest BCUT2D eigenvalue weighted by Crippen LogP contribution is 2.17. The van der Waals surface area contributed by atoms with Gasteiger partial charge in [-0.2, -0.15) is 5.10 Å². The van der Waals surface area contributed by atoms with E-state index < -0.39 is 0 Å². The fourth-order valence-electron chi connectivity index (χ4n) is 3.16. The van der Waals surface area contributed by atoms with Gasteiger partial charge in [0.25, 0.3) is 5.91 Å². The van der Waals surface area contributed by atoms with Crippen molar-refractivity contribution in [1.29, 1.82) is 0 Å². The van der Waals surface area contributed by atoms with Gasteiger partial charge in [0.05, 0.1) is 12.8 Å². The fraction of sp³-hybridized carbons (Fsp3) is 0.364. The minimum Gasteiger partial charge on any atom is -0.489 e. The summed E-state index contributed by atoms with van der Waals surface area (Å²) in [7, 11) is 0. The zero-order valence-corrected chi connectivity index (χ0v) is 16.6. The van der Waals surface area contributed by atoms with E-state index in [2.05, 4.69) is 15.8 Å². The number of rotatable bonds is 8. The maximum atomic E-state index is 11.9. The van der Waals surface area contributed by atoms with E-state index in [9.17, 15) is 4.79 Å². The second-order valence-corrected chi connectivity index (χ2v) is 7.43. The molecule has 2 aromatic rings. The maximum absolute atomic E-state index is 11.9. The van der Waals surface area contributed by atoms with Gasteiger partial charge in [-0.15, -0.1) is 0 Å². The SMILES string of the molecule is O=C(CNC1CCCCC1)N/N=C\c1ccc(OCc2ccc(Cl)cc2)cc1. The van der Waals surface area contributed by atoms with E-state index in [1.54, 1.807) is 6.21 Å². The van der Waals surface area contributed by atoms with E-state index >= 15 is 0 Å². The highest BCUT2D eigenvalue weighted by Gasteiger charge is 2.13. The molecule has 0 unspecified atom stereocenters. The van der Waals surface area contributed by atoms with Crippen molar-refractivity contribution in [3.63, 3.8) is 0 Å². The minimum atomic E-state index is -0.121. The number of amides is 1. The third-order valence-electron chi connectivity index (χ3n) is 4.76. The second kappa shape index (κ2) is 10.8. The molecule has 1 fully saturated rings. The number of halogens is 1. The minimum absolute atomic E-state index is 0.121. The molecule has 0 saturated heterocycles. The van der Waals surface area contributed by atoms with Crippen LogP contribution in [0.1, 0.15) is 43.2 Å². The monoisotopic (exact) mass is 399 g/mol. The summed E-state index contributed by atoms with van der Waals surface area (Å²) in [6, 6.07) is 15.6. The summed E-state index contributed by atoms with van der Waals surface area (Å²) < 4.78 is 5.75. The molecule has 6 heteroatoms. The zero-order chi connectivity index (χ0) is 19.6. The third-order valence-corrected chi connectivity index (χ3v) is 5.01.